The molecule has 0 saturated carbocycles. The average Bonchev–Trinajstić information content (AvgIpc) is 2.54. The number of carbonyl (C=O) groups is 3. The zero-order chi connectivity index (χ0) is 19.9. The number of quaternary nitrogens is 1. The van der Waals surface area contributed by atoms with Crippen LogP contribution in [-0.2, 0) is 14.4 Å². The Morgan fingerprint density at radius 2 is 1.62 bits per heavy atom. The highest BCUT2D eigenvalue weighted by atomic mass is 16.2. The van der Waals surface area contributed by atoms with Crippen LogP contribution in [-0.4, -0.2) is 49.9 Å². The van der Waals surface area contributed by atoms with Crippen molar-refractivity contribution in [2.75, 3.05) is 25.5 Å². The van der Waals surface area contributed by atoms with Crippen molar-refractivity contribution >= 4 is 23.4 Å². The van der Waals surface area contributed by atoms with Crippen LogP contribution in [0.4, 0.5) is 5.69 Å². The second-order valence-electron chi connectivity index (χ2n) is 7.00. The predicted molar refractivity (Wildman–Crippen MR) is 102 cm³/mol. The zero-order valence-corrected chi connectivity index (χ0v) is 16.5. The van der Waals surface area contributed by atoms with Crippen LogP contribution >= 0.6 is 0 Å². The van der Waals surface area contributed by atoms with Crippen molar-refractivity contribution in [3.8, 4) is 0 Å². The summed E-state index contributed by atoms with van der Waals surface area (Å²) in [4.78, 5) is 36.9. The number of hydrogen-bond donors (Lipinski definition) is 4. The van der Waals surface area contributed by atoms with Crippen molar-refractivity contribution in [3.05, 3.63) is 29.3 Å². The summed E-state index contributed by atoms with van der Waals surface area (Å²) in [6, 6.07) is 5.39. The van der Waals surface area contributed by atoms with E-state index in [4.69, 9.17) is 0 Å². The fourth-order valence-corrected chi connectivity index (χ4v) is 2.52. The van der Waals surface area contributed by atoms with Gasteiger partial charge in [0.1, 0.15) is 0 Å². The molecule has 0 radical (unpaired) electrons. The molecule has 144 valence electrons. The summed E-state index contributed by atoms with van der Waals surface area (Å²) in [5.74, 6) is -0.653. The lowest BCUT2D eigenvalue weighted by Gasteiger charge is -2.21. The molecule has 0 aliphatic heterocycles. The van der Waals surface area contributed by atoms with Gasteiger partial charge >= 0.3 is 0 Å². The number of carbonyl (C=O) groups excluding carboxylic acids is 3. The first-order valence-electron chi connectivity index (χ1n) is 8.87. The van der Waals surface area contributed by atoms with Gasteiger partial charge in [-0.2, -0.15) is 0 Å². The van der Waals surface area contributed by atoms with E-state index >= 15 is 0 Å². The Balaban J connectivity index is 2.49. The van der Waals surface area contributed by atoms with Gasteiger partial charge in [-0.1, -0.05) is 18.2 Å². The van der Waals surface area contributed by atoms with Crippen LogP contribution in [0.3, 0.4) is 0 Å². The summed E-state index contributed by atoms with van der Waals surface area (Å²) in [7, 11) is 1.78. The lowest BCUT2D eigenvalue weighted by molar-refractivity contribution is -0.886. The summed E-state index contributed by atoms with van der Waals surface area (Å²) in [6.45, 7) is 9.43. The van der Waals surface area contributed by atoms with Crippen LogP contribution in [0.25, 0.3) is 0 Å². The Morgan fingerprint density at radius 3 is 2.15 bits per heavy atom. The highest BCUT2D eigenvalue weighted by molar-refractivity contribution is 5.96. The molecule has 4 N–H and O–H groups in total. The van der Waals surface area contributed by atoms with E-state index in [1.165, 1.54) is 0 Å². The second kappa shape index (κ2) is 9.91. The quantitative estimate of drug-likeness (QED) is 0.515. The predicted octanol–water partition coefficient (Wildman–Crippen LogP) is -0.214. The van der Waals surface area contributed by atoms with Crippen molar-refractivity contribution in [2.24, 2.45) is 0 Å². The number of amides is 3. The SMILES string of the molecule is Cc1cccc(C)c1NC(=O)CNC(=O)[C@@H](C)[NH+](C)CC(=O)NC(C)C. The van der Waals surface area contributed by atoms with E-state index in [0.717, 1.165) is 21.7 Å². The number of aryl methyl sites for hydroxylation is 2. The van der Waals surface area contributed by atoms with Crippen molar-refractivity contribution in [1.29, 1.82) is 0 Å². The van der Waals surface area contributed by atoms with E-state index in [1.54, 1.807) is 14.0 Å². The molecule has 26 heavy (non-hydrogen) atoms. The lowest BCUT2D eigenvalue weighted by atomic mass is 10.1. The minimum atomic E-state index is -0.444. The summed E-state index contributed by atoms with van der Waals surface area (Å²) >= 11 is 0. The van der Waals surface area contributed by atoms with Gasteiger partial charge in [0.2, 0.25) is 5.91 Å². The third-order valence-corrected chi connectivity index (χ3v) is 4.19. The topological polar surface area (TPSA) is 91.7 Å². The molecule has 1 aromatic carbocycles. The molecule has 0 bridgehead atoms. The van der Waals surface area contributed by atoms with E-state index in [9.17, 15) is 14.4 Å². The van der Waals surface area contributed by atoms with E-state index < -0.39 is 6.04 Å². The molecule has 0 fully saturated rings. The van der Waals surface area contributed by atoms with Crippen LogP contribution < -0.4 is 20.9 Å². The number of hydrogen-bond acceptors (Lipinski definition) is 3. The van der Waals surface area contributed by atoms with E-state index in [0.29, 0.717) is 0 Å². The van der Waals surface area contributed by atoms with Crippen LogP contribution in [0.5, 0.6) is 0 Å². The van der Waals surface area contributed by atoms with Gasteiger partial charge in [0.05, 0.1) is 13.6 Å². The Kier molecular flexibility index (Phi) is 8.25. The lowest BCUT2D eigenvalue weighted by Crippen LogP contribution is -3.15. The van der Waals surface area contributed by atoms with Gasteiger partial charge in [-0.15, -0.1) is 0 Å². The van der Waals surface area contributed by atoms with Gasteiger partial charge in [0, 0.05) is 11.7 Å². The Labute approximate surface area is 155 Å². The molecule has 0 spiro atoms. The third-order valence-electron chi connectivity index (χ3n) is 4.19. The summed E-state index contributed by atoms with van der Waals surface area (Å²) < 4.78 is 0. The maximum Gasteiger partial charge on any atom is 0.278 e. The molecule has 1 aromatic rings. The Bertz CT molecular complexity index is 638. The van der Waals surface area contributed by atoms with Crippen molar-refractivity contribution in [3.63, 3.8) is 0 Å². The standard InChI is InChI=1S/C19H30N4O3/c1-12(2)21-17(25)11-23(6)15(5)19(26)20-10-16(24)22-18-13(3)8-7-9-14(18)4/h7-9,12,15H,10-11H2,1-6H3,(H,20,26)(H,21,25)(H,22,24)/p+1/t15-/m1/s1. The Hall–Kier alpha value is -2.41. The van der Waals surface area contributed by atoms with Gasteiger partial charge < -0.3 is 20.9 Å². The molecule has 0 saturated heterocycles. The summed E-state index contributed by atoms with van der Waals surface area (Å²) in [5.41, 5.74) is 2.71. The summed E-state index contributed by atoms with van der Waals surface area (Å²) in [6.07, 6.45) is 0. The molecule has 2 atom stereocenters. The third kappa shape index (κ3) is 6.84. The first-order chi connectivity index (χ1) is 12.1. The molecule has 0 aliphatic rings. The van der Waals surface area contributed by atoms with E-state index in [2.05, 4.69) is 16.0 Å². The molecule has 1 rings (SSSR count). The molecule has 3 amide bonds. The van der Waals surface area contributed by atoms with Gasteiger partial charge in [0.15, 0.2) is 12.6 Å². The zero-order valence-electron chi connectivity index (χ0n) is 16.5. The maximum absolute atomic E-state index is 12.2. The first kappa shape index (κ1) is 21.6. The molecule has 0 aliphatic carbocycles. The van der Waals surface area contributed by atoms with Gasteiger partial charge in [-0.3, -0.25) is 14.4 Å². The number of anilines is 1. The van der Waals surface area contributed by atoms with E-state index in [1.807, 2.05) is 45.9 Å². The van der Waals surface area contributed by atoms with Crippen molar-refractivity contribution in [1.82, 2.24) is 10.6 Å². The van der Waals surface area contributed by atoms with Gasteiger partial charge in [0.25, 0.3) is 11.8 Å². The second-order valence-corrected chi connectivity index (χ2v) is 7.00. The minimum absolute atomic E-state index is 0.0630. The fourth-order valence-electron chi connectivity index (χ4n) is 2.52. The largest absolute Gasteiger partial charge is 0.349 e. The normalized spacial score (nSPS) is 13.0. The molecular weight excluding hydrogens is 332 g/mol. The average molecular weight is 363 g/mol. The van der Waals surface area contributed by atoms with Crippen molar-refractivity contribution in [2.45, 2.75) is 46.7 Å². The molecular formula is C19H31N4O3+. The highest BCUT2D eigenvalue weighted by Crippen LogP contribution is 2.18. The molecule has 0 aromatic heterocycles. The molecule has 0 heterocycles. The van der Waals surface area contributed by atoms with Crippen molar-refractivity contribution < 1.29 is 19.3 Å². The van der Waals surface area contributed by atoms with Crippen LogP contribution in [0.1, 0.15) is 31.9 Å². The summed E-state index contributed by atoms with van der Waals surface area (Å²) in [5, 5.41) is 8.26. The number of rotatable bonds is 8. The maximum atomic E-state index is 12.2. The number of likely N-dealkylation sites (N-methyl/N-ethyl adjacent to an activating group) is 1. The van der Waals surface area contributed by atoms with E-state index in [-0.39, 0.29) is 36.9 Å². The number of benzene rings is 1. The minimum Gasteiger partial charge on any atom is -0.349 e. The van der Waals surface area contributed by atoms with Gasteiger partial charge in [-0.25, -0.2) is 0 Å². The Morgan fingerprint density at radius 1 is 1.04 bits per heavy atom. The van der Waals surface area contributed by atoms with Crippen LogP contribution in [0, 0.1) is 13.8 Å². The first-order valence-corrected chi connectivity index (χ1v) is 8.87. The smallest absolute Gasteiger partial charge is 0.278 e. The van der Waals surface area contributed by atoms with Gasteiger partial charge in [-0.05, 0) is 45.7 Å². The number of para-hydroxylation sites is 1. The monoisotopic (exact) mass is 363 g/mol. The molecule has 7 nitrogen and oxygen atoms in total. The molecule has 1 unspecified atom stereocenters. The van der Waals surface area contributed by atoms with Crippen LogP contribution in [0.15, 0.2) is 18.2 Å². The number of nitrogens with one attached hydrogen (secondary N) is 4. The highest BCUT2D eigenvalue weighted by Gasteiger charge is 2.24. The van der Waals surface area contributed by atoms with Crippen LogP contribution in [0.2, 0.25) is 0 Å². The molecule has 7 heteroatoms. The fraction of sp³-hybridized carbons (Fsp3) is 0.526.